The molecule has 1 atom stereocenters. The topological polar surface area (TPSA) is 38.3 Å². The molecule has 0 fully saturated rings. The molecule has 1 amide bonds. The quantitative estimate of drug-likeness (QED) is 0.600. The number of hydrogen-bond acceptors (Lipinski definition) is 2. The van der Waals surface area contributed by atoms with Gasteiger partial charge in [0.1, 0.15) is 0 Å². The number of hydrogen-bond donors (Lipinski definition) is 1. The van der Waals surface area contributed by atoms with E-state index in [1.165, 1.54) is 19.3 Å². The molecule has 0 aromatic carbocycles. The van der Waals surface area contributed by atoms with Crippen LogP contribution in [-0.4, -0.2) is 12.5 Å². The highest BCUT2D eigenvalue weighted by Gasteiger charge is 2.07. The molecule has 3 nitrogen and oxygen atoms in total. The summed E-state index contributed by atoms with van der Waals surface area (Å²) in [4.78, 5) is 16.3. The minimum Gasteiger partial charge on any atom is -0.273 e. The van der Waals surface area contributed by atoms with Crippen molar-refractivity contribution in [2.45, 2.75) is 59.3 Å². The summed E-state index contributed by atoms with van der Waals surface area (Å²) in [7, 11) is 0. The van der Waals surface area contributed by atoms with Crippen LogP contribution in [0.1, 0.15) is 59.3 Å². The lowest BCUT2D eigenvalue weighted by Gasteiger charge is -2.14. The lowest BCUT2D eigenvalue weighted by atomic mass is 10.0. The maximum Gasteiger partial charge on any atom is 0.243 e. The van der Waals surface area contributed by atoms with Gasteiger partial charge in [0, 0.05) is 6.42 Å². The van der Waals surface area contributed by atoms with Gasteiger partial charge in [-0.25, -0.2) is 5.48 Å². The SMILES string of the molecule is CCCCC(CC)CONC(=O)CCC. The van der Waals surface area contributed by atoms with Gasteiger partial charge < -0.3 is 0 Å². The molecule has 0 saturated heterocycles. The van der Waals surface area contributed by atoms with Crippen LogP contribution in [0.15, 0.2) is 0 Å². The Kier molecular flexibility index (Phi) is 9.59. The highest BCUT2D eigenvalue weighted by atomic mass is 16.6. The Balaban J connectivity index is 3.49. The van der Waals surface area contributed by atoms with Gasteiger partial charge in [0.15, 0.2) is 0 Å². The third-order valence-electron chi connectivity index (χ3n) is 2.53. The van der Waals surface area contributed by atoms with Gasteiger partial charge in [0.25, 0.3) is 0 Å². The van der Waals surface area contributed by atoms with E-state index in [0.717, 1.165) is 12.8 Å². The summed E-state index contributed by atoms with van der Waals surface area (Å²) < 4.78 is 0. The summed E-state index contributed by atoms with van der Waals surface area (Å²) >= 11 is 0. The van der Waals surface area contributed by atoms with E-state index in [9.17, 15) is 4.79 Å². The molecule has 0 rings (SSSR count). The van der Waals surface area contributed by atoms with Crippen molar-refractivity contribution in [1.29, 1.82) is 0 Å². The molecular formula is C12H25NO2. The second-order valence-corrected chi connectivity index (χ2v) is 4.00. The lowest BCUT2D eigenvalue weighted by molar-refractivity contribution is -0.134. The molecule has 0 aliphatic heterocycles. The smallest absolute Gasteiger partial charge is 0.243 e. The number of carbonyl (C=O) groups excluding carboxylic acids is 1. The van der Waals surface area contributed by atoms with E-state index in [2.05, 4.69) is 19.3 Å². The van der Waals surface area contributed by atoms with Crippen molar-refractivity contribution < 1.29 is 9.63 Å². The van der Waals surface area contributed by atoms with E-state index in [4.69, 9.17) is 4.84 Å². The maximum atomic E-state index is 11.1. The lowest BCUT2D eigenvalue weighted by Crippen LogP contribution is -2.26. The van der Waals surface area contributed by atoms with Crippen molar-refractivity contribution in [2.75, 3.05) is 6.61 Å². The third kappa shape index (κ3) is 8.43. The molecule has 0 aromatic heterocycles. The number of unbranched alkanes of at least 4 members (excludes halogenated alkanes) is 1. The highest BCUT2D eigenvalue weighted by molar-refractivity contribution is 5.74. The molecular weight excluding hydrogens is 190 g/mol. The maximum absolute atomic E-state index is 11.1. The standard InChI is InChI=1S/C12H25NO2/c1-4-7-9-11(6-3)10-15-13-12(14)8-5-2/h11H,4-10H2,1-3H3,(H,13,14). The fourth-order valence-electron chi connectivity index (χ4n) is 1.42. The van der Waals surface area contributed by atoms with Crippen LogP contribution < -0.4 is 5.48 Å². The first kappa shape index (κ1) is 14.4. The second-order valence-electron chi connectivity index (χ2n) is 4.00. The Morgan fingerprint density at radius 2 is 2.00 bits per heavy atom. The van der Waals surface area contributed by atoms with E-state index in [-0.39, 0.29) is 5.91 Å². The molecule has 3 heteroatoms. The summed E-state index contributed by atoms with van der Waals surface area (Å²) in [6.07, 6.45) is 6.18. The van der Waals surface area contributed by atoms with Gasteiger partial charge >= 0.3 is 0 Å². The van der Waals surface area contributed by atoms with Crippen LogP contribution in [0.2, 0.25) is 0 Å². The van der Waals surface area contributed by atoms with Crippen molar-refractivity contribution in [3.63, 3.8) is 0 Å². The zero-order valence-electron chi connectivity index (χ0n) is 10.3. The molecule has 0 radical (unpaired) electrons. The predicted molar refractivity (Wildman–Crippen MR) is 62.3 cm³/mol. The minimum atomic E-state index is -0.0113. The number of hydroxylamine groups is 1. The predicted octanol–water partition coefficient (Wildman–Crippen LogP) is 3.05. The van der Waals surface area contributed by atoms with Gasteiger partial charge in [0.05, 0.1) is 6.61 Å². The second kappa shape index (κ2) is 9.97. The first-order valence-corrected chi connectivity index (χ1v) is 6.15. The number of rotatable bonds is 9. The Labute approximate surface area is 93.5 Å². The molecule has 1 unspecified atom stereocenters. The molecule has 0 saturated carbocycles. The van der Waals surface area contributed by atoms with E-state index < -0.39 is 0 Å². The summed E-state index contributed by atoms with van der Waals surface area (Å²) in [5.74, 6) is 0.565. The summed E-state index contributed by atoms with van der Waals surface area (Å²) in [5.41, 5.74) is 2.49. The molecule has 0 aromatic rings. The van der Waals surface area contributed by atoms with Crippen LogP contribution in [0.3, 0.4) is 0 Å². The average molecular weight is 215 g/mol. The normalized spacial score (nSPS) is 12.5. The molecule has 0 bridgehead atoms. The van der Waals surface area contributed by atoms with Crippen molar-refractivity contribution in [1.82, 2.24) is 5.48 Å². The zero-order valence-corrected chi connectivity index (χ0v) is 10.3. The Bertz CT molecular complexity index is 160. The van der Waals surface area contributed by atoms with E-state index in [1.54, 1.807) is 0 Å². The van der Waals surface area contributed by atoms with Crippen LogP contribution in [-0.2, 0) is 9.63 Å². The van der Waals surface area contributed by atoms with Crippen molar-refractivity contribution in [2.24, 2.45) is 5.92 Å². The van der Waals surface area contributed by atoms with Crippen LogP contribution >= 0.6 is 0 Å². The summed E-state index contributed by atoms with van der Waals surface area (Å²) in [6, 6.07) is 0. The molecule has 15 heavy (non-hydrogen) atoms. The molecule has 0 aliphatic rings. The van der Waals surface area contributed by atoms with Crippen molar-refractivity contribution in [3.05, 3.63) is 0 Å². The average Bonchev–Trinajstić information content (AvgIpc) is 2.23. The Morgan fingerprint density at radius 1 is 1.27 bits per heavy atom. The van der Waals surface area contributed by atoms with Gasteiger partial charge in [-0.3, -0.25) is 9.63 Å². The van der Waals surface area contributed by atoms with Crippen molar-refractivity contribution >= 4 is 5.91 Å². The van der Waals surface area contributed by atoms with E-state index in [0.29, 0.717) is 18.9 Å². The van der Waals surface area contributed by atoms with Crippen molar-refractivity contribution in [3.8, 4) is 0 Å². The fourth-order valence-corrected chi connectivity index (χ4v) is 1.42. The van der Waals surface area contributed by atoms with Crippen LogP contribution in [0.25, 0.3) is 0 Å². The van der Waals surface area contributed by atoms with E-state index >= 15 is 0 Å². The van der Waals surface area contributed by atoms with Gasteiger partial charge in [-0.15, -0.1) is 0 Å². The number of nitrogens with one attached hydrogen (secondary N) is 1. The Hall–Kier alpha value is -0.570. The zero-order chi connectivity index (χ0) is 11.5. The van der Waals surface area contributed by atoms with Crippen LogP contribution in [0.5, 0.6) is 0 Å². The Morgan fingerprint density at radius 3 is 2.53 bits per heavy atom. The first-order valence-electron chi connectivity index (χ1n) is 6.15. The van der Waals surface area contributed by atoms with Crippen LogP contribution in [0.4, 0.5) is 0 Å². The summed E-state index contributed by atoms with van der Waals surface area (Å²) in [5, 5.41) is 0. The number of amides is 1. The van der Waals surface area contributed by atoms with Gasteiger partial charge in [-0.05, 0) is 18.8 Å². The fraction of sp³-hybridized carbons (Fsp3) is 0.917. The van der Waals surface area contributed by atoms with Gasteiger partial charge in [-0.2, -0.15) is 0 Å². The third-order valence-corrected chi connectivity index (χ3v) is 2.53. The molecule has 0 heterocycles. The van der Waals surface area contributed by atoms with E-state index in [1.807, 2.05) is 6.92 Å². The van der Waals surface area contributed by atoms with Gasteiger partial charge in [-0.1, -0.05) is 40.0 Å². The summed E-state index contributed by atoms with van der Waals surface area (Å²) in [6.45, 7) is 6.98. The molecule has 0 spiro atoms. The van der Waals surface area contributed by atoms with Crippen LogP contribution in [0, 0.1) is 5.92 Å². The molecule has 0 aliphatic carbocycles. The highest BCUT2D eigenvalue weighted by Crippen LogP contribution is 2.12. The number of carbonyl (C=O) groups is 1. The minimum absolute atomic E-state index is 0.0113. The molecule has 90 valence electrons. The van der Waals surface area contributed by atoms with Gasteiger partial charge in [0.2, 0.25) is 5.91 Å². The monoisotopic (exact) mass is 215 g/mol. The first-order chi connectivity index (χ1) is 7.24. The molecule has 1 N–H and O–H groups in total. The largest absolute Gasteiger partial charge is 0.273 e.